The second kappa shape index (κ2) is 20.8. The van der Waals surface area contributed by atoms with Gasteiger partial charge in [-0.1, -0.05) is 66.2 Å². The van der Waals surface area contributed by atoms with Crippen LogP contribution < -0.4 is 20.4 Å². The van der Waals surface area contributed by atoms with Gasteiger partial charge in [-0.05, 0) is 83.8 Å². The molecule has 1 fully saturated rings. The Bertz CT molecular complexity index is 2700. The highest BCUT2D eigenvalue weighted by Gasteiger charge is 2.26. The van der Waals surface area contributed by atoms with E-state index in [9.17, 15) is 18.5 Å². The number of nitrogens with one attached hydrogen (secondary N) is 3. The van der Waals surface area contributed by atoms with Crippen LogP contribution in [0.4, 0.5) is 22.9 Å². The van der Waals surface area contributed by atoms with E-state index in [1.807, 2.05) is 60.7 Å². The SMILES string of the molecule is CONC1=CCN(CCC(CSc2ccccc2)Nc2ccc(S(=O)(=O)Nc3ncnc4cc(N5CCN(Cc6ccccc6-c6ccc(Cl)cc6)CC5)ccc34)cc2[N+](=O)[O-])CC1. The fourth-order valence-corrected chi connectivity index (χ4v) is 10.2. The maximum absolute atomic E-state index is 13.9. The van der Waals surface area contributed by atoms with Crippen LogP contribution in [0.2, 0.25) is 5.02 Å². The zero-order valence-corrected chi connectivity index (χ0v) is 37.8. The quantitative estimate of drug-likeness (QED) is 0.0428. The summed E-state index contributed by atoms with van der Waals surface area (Å²) < 4.78 is 30.4. The second-order valence-electron chi connectivity index (χ2n) is 15.7. The van der Waals surface area contributed by atoms with Crippen LogP contribution in [0.15, 0.2) is 143 Å². The molecule has 64 heavy (non-hydrogen) atoms. The third-order valence-electron chi connectivity index (χ3n) is 11.5. The summed E-state index contributed by atoms with van der Waals surface area (Å²) in [4.78, 5) is 33.7. The van der Waals surface area contributed by atoms with Gasteiger partial charge >= 0.3 is 0 Å². The monoisotopic (exact) mass is 919 g/mol. The van der Waals surface area contributed by atoms with Crippen molar-refractivity contribution in [2.75, 3.05) is 73.6 Å². The normalized spacial score (nSPS) is 15.4. The summed E-state index contributed by atoms with van der Waals surface area (Å²) in [5.74, 6) is 0.726. The molecule has 1 aromatic heterocycles. The van der Waals surface area contributed by atoms with E-state index in [1.54, 1.807) is 18.9 Å². The number of aromatic nitrogens is 2. The van der Waals surface area contributed by atoms with Gasteiger partial charge in [0.2, 0.25) is 0 Å². The lowest BCUT2D eigenvalue weighted by Gasteiger charge is -2.36. The van der Waals surface area contributed by atoms with Crippen molar-refractivity contribution in [3.63, 3.8) is 0 Å². The number of nitro groups is 1. The molecule has 0 spiro atoms. The summed E-state index contributed by atoms with van der Waals surface area (Å²) >= 11 is 7.81. The first kappa shape index (κ1) is 44.8. The largest absolute Gasteiger partial charge is 0.376 e. The fourth-order valence-electron chi connectivity index (χ4n) is 8.04. The molecule has 2 aliphatic heterocycles. The molecule has 6 aromatic rings. The Morgan fingerprint density at radius 3 is 2.42 bits per heavy atom. The third-order valence-corrected chi connectivity index (χ3v) is 14.3. The Labute approximate surface area is 382 Å². The molecule has 0 amide bonds. The predicted octanol–water partition coefficient (Wildman–Crippen LogP) is 8.68. The molecule has 3 N–H and O–H groups in total. The number of nitro benzene ring substituents is 1. The van der Waals surface area contributed by atoms with Gasteiger partial charge in [0.1, 0.15) is 12.0 Å². The number of hydroxylamine groups is 1. The van der Waals surface area contributed by atoms with E-state index in [4.69, 9.17) is 16.4 Å². The molecule has 0 radical (unpaired) electrons. The van der Waals surface area contributed by atoms with E-state index >= 15 is 0 Å². The van der Waals surface area contributed by atoms with Crippen molar-refractivity contribution in [1.82, 2.24) is 25.2 Å². The Hall–Kier alpha value is -5.75. The van der Waals surface area contributed by atoms with Gasteiger partial charge in [-0.25, -0.2) is 18.4 Å². The smallest absolute Gasteiger partial charge is 0.293 e. The summed E-state index contributed by atoms with van der Waals surface area (Å²) in [7, 11) is -2.70. The van der Waals surface area contributed by atoms with Crippen LogP contribution in [0.5, 0.6) is 0 Å². The van der Waals surface area contributed by atoms with Gasteiger partial charge in [0, 0.05) is 103 Å². The molecule has 17 heteroatoms. The highest BCUT2D eigenvalue weighted by molar-refractivity contribution is 7.99. The second-order valence-corrected chi connectivity index (χ2v) is 18.9. The molecular weight excluding hydrogens is 870 g/mol. The van der Waals surface area contributed by atoms with E-state index in [0.29, 0.717) is 28.1 Å². The van der Waals surface area contributed by atoms with Crippen LogP contribution >= 0.6 is 23.4 Å². The molecule has 0 saturated carbocycles. The third kappa shape index (κ3) is 11.3. The Morgan fingerprint density at radius 2 is 1.67 bits per heavy atom. The number of thioether (sulfide) groups is 1. The summed E-state index contributed by atoms with van der Waals surface area (Å²) in [6, 6.07) is 35.9. The van der Waals surface area contributed by atoms with Crippen molar-refractivity contribution < 1.29 is 18.2 Å². The topological polar surface area (TPSA) is 158 Å². The van der Waals surface area contributed by atoms with Gasteiger partial charge < -0.3 is 10.2 Å². The van der Waals surface area contributed by atoms with Crippen LogP contribution in [-0.4, -0.2) is 97.8 Å². The summed E-state index contributed by atoms with van der Waals surface area (Å²) in [5.41, 5.74) is 9.00. The molecule has 8 rings (SSSR count). The van der Waals surface area contributed by atoms with E-state index in [-0.39, 0.29) is 28.1 Å². The maximum atomic E-state index is 13.9. The average molecular weight is 921 g/mol. The van der Waals surface area contributed by atoms with Crippen molar-refractivity contribution in [2.45, 2.75) is 35.2 Å². The number of sulfonamides is 1. The molecule has 5 aromatic carbocycles. The minimum absolute atomic E-state index is 0.0845. The number of hydrogen-bond donors (Lipinski definition) is 3. The van der Waals surface area contributed by atoms with Crippen molar-refractivity contribution in [3.8, 4) is 11.1 Å². The molecule has 332 valence electrons. The first-order chi connectivity index (χ1) is 31.1. The number of halogens is 1. The molecule has 0 bridgehead atoms. The molecule has 14 nitrogen and oxygen atoms in total. The van der Waals surface area contributed by atoms with E-state index in [0.717, 1.165) is 86.7 Å². The van der Waals surface area contributed by atoms with Crippen LogP contribution in [0, 0.1) is 10.1 Å². The Morgan fingerprint density at radius 1 is 0.891 bits per heavy atom. The van der Waals surface area contributed by atoms with Crippen LogP contribution in [-0.2, 0) is 21.4 Å². The first-order valence-electron chi connectivity index (χ1n) is 21.1. The summed E-state index contributed by atoms with van der Waals surface area (Å²) in [5, 5.41) is 17.1. The van der Waals surface area contributed by atoms with Crippen molar-refractivity contribution in [3.05, 3.63) is 154 Å². The molecule has 1 atom stereocenters. The predicted molar refractivity (Wildman–Crippen MR) is 256 cm³/mol. The van der Waals surface area contributed by atoms with Gasteiger partial charge in [-0.2, -0.15) is 0 Å². The Balaban J connectivity index is 0.930. The number of nitrogens with zero attached hydrogens (tertiary/aromatic N) is 6. The van der Waals surface area contributed by atoms with E-state index in [1.165, 1.54) is 29.6 Å². The number of hydrogen-bond acceptors (Lipinski definition) is 13. The highest BCUT2D eigenvalue weighted by Crippen LogP contribution is 2.33. The lowest BCUT2D eigenvalue weighted by molar-refractivity contribution is -0.384. The average Bonchev–Trinajstić information content (AvgIpc) is 3.31. The first-order valence-corrected chi connectivity index (χ1v) is 24.0. The summed E-state index contributed by atoms with van der Waals surface area (Å²) in [6.07, 6.45) is 4.95. The van der Waals surface area contributed by atoms with Gasteiger partial charge in [-0.3, -0.25) is 35.0 Å². The molecule has 1 unspecified atom stereocenters. The molecular formula is C47H50ClN9O5S2. The lowest BCUT2D eigenvalue weighted by Crippen LogP contribution is -2.46. The minimum atomic E-state index is -4.30. The van der Waals surface area contributed by atoms with Crippen molar-refractivity contribution in [2.24, 2.45) is 0 Å². The number of piperazine rings is 1. The standard InChI is InChI=1S/C47H50ClN9O5S2/c1-62-52-37-19-22-54(23-20-37)24-21-38(32-63-40-8-3-2-4-9-40)51-44-18-16-41(30-46(44)57(58)59)64(60,61)53-47-43-17-15-39(29-45(43)49-33-50-47)56-27-25-55(26-28-56)31-35-7-5-6-10-42(35)34-11-13-36(48)14-12-34/h2-19,29-30,33,38,51-52H,20-28,31-32H2,1H3,(H,49,50,53). The number of fused-ring (bicyclic) bond motifs is 1. The zero-order chi connectivity index (χ0) is 44.5. The summed E-state index contributed by atoms with van der Waals surface area (Å²) in [6.45, 7) is 6.53. The number of benzene rings is 5. The van der Waals surface area contributed by atoms with Crippen molar-refractivity contribution in [1.29, 1.82) is 0 Å². The van der Waals surface area contributed by atoms with Gasteiger partial charge in [0.25, 0.3) is 15.7 Å². The van der Waals surface area contributed by atoms with E-state index < -0.39 is 14.9 Å². The zero-order valence-electron chi connectivity index (χ0n) is 35.4. The number of rotatable bonds is 18. The molecule has 3 heterocycles. The molecule has 0 aliphatic carbocycles. The fraction of sp³-hybridized carbons (Fsp3) is 0.277. The van der Waals surface area contributed by atoms with Crippen LogP contribution in [0.25, 0.3) is 22.0 Å². The van der Waals surface area contributed by atoms with Gasteiger partial charge in [0.05, 0.1) is 22.4 Å². The highest BCUT2D eigenvalue weighted by atomic mass is 35.5. The molecule has 1 saturated heterocycles. The van der Waals surface area contributed by atoms with Gasteiger partial charge in [0.15, 0.2) is 5.82 Å². The van der Waals surface area contributed by atoms with E-state index in [2.05, 4.69) is 82.7 Å². The van der Waals surface area contributed by atoms with Gasteiger partial charge in [-0.15, -0.1) is 11.8 Å². The lowest BCUT2D eigenvalue weighted by atomic mass is 9.99. The molecule has 2 aliphatic rings. The van der Waals surface area contributed by atoms with Crippen LogP contribution in [0.3, 0.4) is 0 Å². The van der Waals surface area contributed by atoms with Crippen LogP contribution in [0.1, 0.15) is 18.4 Å². The minimum Gasteiger partial charge on any atom is -0.376 e. The Kier molecular flexibility index (Phi) is 14.6. The number of anilines is 3. The maximum Gasteiger partial charge on any atom is 0.293 e. The van der Waals surface area contributed by atoms with Crippen molar-refractivity contribution >= 4 is 67.2 Å².